The van der Waals surface area contributed by atoms with Gasteiger partial charge in [0.05, 0.1) is 11.7 Å². The number of rotatable bonds is 5. The third-order valence-corrected chi connectivity index (χ3v) is 3.43. The fraction of sp³-hybridized carbons (Fsp3) is 0.357. The van der Waals surface area contributed by atoms with Crippen molar-refractivity contribution >= 4 is 15.9 Å². The van der Waals surface area contributed by atoms with E-state index in [0.717, 1.165) is 28.7 Å². The quantitative estimate of drug-likeness (QED) is 0.912. The van der Waals surface area contributed by atoms with Crippen LogP contribution < -0.4 is 5.32 Å². The lowest BCUT2D eigenvalue weighted by molar-refractivity contribution is 0.547. The molecule has 0 saturated heterocycles. The zero-order valence-electron chi connectivity index (χ0n) is 11.0. The molecule has 1 aromatic heterocycles. The highest BCUT2D eigenvalue weighted by molar-refractivity contribution is 9.10. The molecule has 3 nitrogen and oxygen atoms in total. The summed E-state index contributed by atoms with van der Waals surface area (Å²) in [4.78, 5) is 0. The maximum Gasteiger partial charge on any atom is 0.124 e. The second-order valence-electron chi connectivity index (χ2n) is 4.47. The van der Waals surface area contributed by atoms with E-state index in [1.54, 1.807) is 12.3 Å². The summed E-state index contributed by atoms with van der Waals surface area (Å²) in [5.41, 5.74) is 1.91. The minimum Gasteiger partial charge on any atom is -0.305 e. The Morgan fingerprint density at radius 2 is 2.21 bits per heavy atom. The van der Waals surface area contributed by atoms with Crippen LogP contribution in [0.1, 0.15) is 30.6 Å². The summed E-state index contributed by atoms with van der Waals surface area (Å²) in [5.74, 6) is -0.241. The second-order valence-corrected chi connectivity index (χ2v) is 5.39. The monoisotopic (exact) mass is 325 g/mol. The molecule has 0 aliphatic rings. The average Bonchev–Trinajstić information content (AvgIpc) is 2.75. The minimum absolute atomic E-state index is 0.0561. The Morgan fingerprint density at radius 3 is 2.79 bits per heavy atom. The van der Waals surface area contributed by atoms with E-state index in [2.05, 4.69) is 33.3 Å². The molecule has 1 aromatic carbocycles. The van der Waals surface area contributed by atoms with Gasteiger partial charge in [0.2, 0.25) is 0 Å². The molecule has 0 fully saturated rings. The van der Waals surface area contributed by atoms with Gasteiger partial charge in [-0.2, -0.15) is 5.10 Å². The fourth-order valence-corrected chi connectivity index (χ4v) is 2.57. The van der Waals surface area contributed by atoms with Crippen LogP contribution in [0.4, 0.5) is 4.39 Å². The molecule has 2 rings (SSSR count). The third kappa shape index (κ3) is 3.42. The summed E-state index contributed by atoms with van der Waals surface area (Å²) in [6.07, 6.45) is 2.77. The van der Waals surface area contributed by atoms with Gasteiger partial charge in [-0.25, -0.2) is 4.39 Å². The normalized spacial score (nSPS) is 12.6. The van der Waals surface area contributed by atoms with E-state index >= 15 is 0 Å². The molecule has 0 bridgehead atoms. The van der Waals surface area contributed by atoms with Crippen molar-refractivity contribution in [1.82, 2.24) is 15.1 Å². The van der Waals surface area contributed by atoms with E-state index in [1.165, 1.54) is 6.07 Å². The minimum atomic E-state index is -0.241. The van der Waals surface area contributed by atoms with Crippen LogP contribution in [0.5, 0.6) is 0 Å². The molecule has 0 aliphatic carbocycles. The molecule has 0 aliphatic heterocycles. The number of benzene rings is 1. The van der Waals surface area contributed by atoms with Gasteiger partial charge >= 0.3 is 0 Å². The van der Waals surface area contributed by atoms with Gasteiger partial charge in [-0.3, -0.25) is 4.68 Å². The molecular formula is C14H17BrFN3. The van der Waals surface area contributed by atoms with Crippen molar-refractivity contribution in [2.75, 3.05) is 6.54 Å². The van der Waals surface area contributed by atoms with Crippen molar-refractivity contribution in [1.29, 1.82) is 0 Å². The largest absolute Gasteiger partial charge is 0.305 e. The van der Waals surface area contributed by atoms with E-state index in [1.807, 2.05) is 23.9 Å². The fourth-order valence-electron chi connectivity index (χ4n) is 2.09. The summed E-state index contributed by atoms with van der Waals surface area (Å²) in [6.45, 7) is 2.97. The summed E-state index contributed by atoms with van der Waals surface area (Å²) in [6, 6.07) is 6.85. The Labute approximate surface area is 121 Å². The smallest absolute Gasteiger partial charge is 0.124 e. The molecule has 1 unspecified atom stereocenters. The van der Waals surface area contributed by atoms with Crippen molar-refractivity contribution in [3.63, 3.8) is 0 Å². The number of nitrogens with zero attached hydrogens (tertiary/aromatic N) is 2. The lowest BCUT2D eigenvalue weighted by atomic mass is 10.0. The van der Waals surface area contributed by atoms with Gasteiger partial charge < -0.3 is 5.32 Å². The Balaban J connectivity index is 2.39. The van der Waals surface area contributed by atoms with E-state index in [4.69, 9.17) is 0 Å². The van der Waals surface area contributed by atoms with E-state index in [9.17, 15) is 4.39 Å². The molecule has 0 radical (unpaired) electrons. The molecule has 0 spiro atoms. The van der Waals surface area contributed by atoms with Gasteiger partial charge in [0.1, 0.15) is 5.82 Å². The topological polar surface area (TPSA) is 29.9 Å². The number of halogens is 2. The summed E-state index contributed by atoms with van der Waals surface area (Å²) in [7, 11) is 1.89. The molecule has 0 amide bonds. The molecule has 1 N–H and O–H groups in total. The zero-order chi connectivity index (χ0) is 13.8. The third-order valence-electron chi connectivity index (χ3n) is 2.97. The Kier molecular flexibility index (Phi) is 4.71. The van der Waals surface area contributed by atoms with Gasteiger partial charge in [-0.15, -0.1) is 0 Å². The number of nitrogens with one attached hydrogen (secondary N) is 1. The molecule has 0 saturated carbocycles. The predicted molar refractivity (Wildman–Crippen MR) is 77.4 cm³/mol. The van der Waals surface area contributed by atoms with Crippen LogP contribution >= 0.6 is 15.9 Å². The van der Waals surface area contributed by atoms with Gasteiger partial charge in [-0.1, -0.05) is 22.9 Å². The van der Waals surface area contributed by atoms with Crippen molar-refractivity contribution in [3.05, 3.63) is 52.0 Å². The van der Waals surface area contributed by atoms with Crippen molar-refractivity contribution in [2.24, 2.45) is 7.05 Å². The van der Waals surface area contributed by atoms with Crippen LogP contribution in [0, 0.1) is 5.82 Å². The lowest BCUT2D eigenvalue weighted by Crippen LogP contribution is -2.25. The molecule has 1 atom stereocenters. The van der Waals surface area contributed by atoms with E-state index in [-0.39, 0.29) is 11.9 Å². The van der Waals surface area contributed by atoms with E-state index < -0.39 is 0 Å². The van der Waals surface area contributed by atoms with Gasteiger partial charge in [0.25, 0.3) is 0 Å². The highest BCUT2D eigenvalue weighted by Gasteiger charge is 2.17. The predicted octanol–water partition coefficient (Wildman–Crippen LogP) is 3.41. The maximum atomic E-state index is 13.6. The van der Waals surface area contributed by atoms with Crippen LogP contribution in [0.2, 0.25) is 0 Å². The maximum absolute atomic E-state index is 13.6. The number of hydrogen-bond donors (Lipinski definition) is 1. The standard InChI is InChI=1S/C14H17BrFN3/c1-3-5-17-14(13-4-6-18-19(13)2)10-7-11(15)9-12(16)8-10/h4,6-9,14,17H,3,5H2,1-2H3. The number of hydrogen-bond acceptors (Lipinski definition) is 2. The second kappa shape index (κ2) is 6.30. The van der Waals surface area contributed by atoms with Crippen molar-refractivity contribution < 1.29 is 4.39 Å². The van der Waals surface area contributed by atoms with Crippen LogP contribution in [-0.2, 0) is 7.05 Å². The van der Waals surface area contributed by atoms with Gasteiger partial charge in [-0.05, 0) is 42.8 Å². The first-order valence-electron chi connectivity index (χ1n) is 6.29. The van der Waals surface area contributed by atoms with Crippen LogP contribution in [-0.4, -0.2) is 16.3 Å². The van der Waals surface area contributed by atoms with Crippen LogP contribution in [0.3, 0.4) is 0 Å². The van der Waals surface area contributed by atoms with Crippen molar-refractivity contribution in [3.8, 4) is 0 Å². The van der Waals surface area contributed by atoms with Gasteiger partial charge in [0, 0.05) is 17.7 Å². The molecule has 1 heterocycles. The van der Waals surface area contributed by atoms with Crippen LogP contribution in [0.15, 0.2) is 34.9 Å². The average molecular weight is 326 g/mol. The zero-order valence-corrected chi connectivity index (χ0v) is 12.6. The van der Waals surface area contributed by atoms with Crippen LogP contribution in [0.25, 0.3) is 0 Å². The number of aromatic nitrogens is 2. The first-order chi connectivity index (χ1) is 9.11. The lowest BCUT2D eigenvalue weighted by Gasteiger charge is -2.19. The Hall–Kier alpha value is -1.20. The summed E-state index contributed by atoms with van der Waals surface area (Å²) < 4.78 is 16.1. The molecule has 2 aromatic rings. The molecule has 102 valence electrons. The molecule has 19 heavy (non-hydrogen) atoms. The highest BCUT2D eigenvalue weighted by atomic mass is 79.9. The summed E-state index contributed by atoms with van der Waals surface area (Å²) in [5, 5.41) is 7.62. The SMILES string of the molecule is CCCNC(c1cc(F)cc(Br)c1)c1ccnn1C. The van der Waals surface area contributed by atoms with E-state index in [0.29, 0.717) is 0 Å². The molecular weight excluding hydrogens is 309 g/mol. The first kappa shape index (κ1) is 14.2. The highest BCUT2D eigenvalue weighted by Crippen LogP contribution is 2.25. The Bertz CT molecular complexity index is 533. The Morgan fingerprint density at radius 1 is 1.42 bits per heavy atom. The summed E-state index contributed by atoms with van der Waals surface area (Å²) >= 11 is 3.34. The van der Waals surface area contributed by atoms with Crippen molar-refractivity contribution in [2.45, 2.75) is 19.4 Å². The molecule has 5 heteroatoms. The number of aryl methyl sites for hydroxylation is 1. The van der Waals surface area contributed by atoms with Gasteiger partial charge in [0.15, 0.2) is 0 Å². The first-order valence-corrected chi connectivity index (χ1v) is 7.08.